The van der Waals surface area contributed by atoms with Gasteiger partial charge in [0.25, 0.3) is 0 Å². The molecule has 0 bridgehead atoms. The summed E-state index contributed by atoms with van der Waals surface area (Å²) in [4.78, 5) is 9.62. The lowest BCUT2D eigenvalue weighted by Crippen LogP contribution is -1.96. The standard InChI is InChI=1S/C46H30N4/c1-3-11-31(12-4-1)41-24-20-34(29-47-41)42-25-22-36(30-48-42)50-44-18-10-8-16-38(44)40-27-32(21-26-45(40)50)33-19-23-39-37-15-7-9-17-43(37)49(46(39)28-33)35-13-5-2-6-14-35/h1-30H. The summed E-state index contributed by atoms with van der Waals surface area (Å²) < 4.78 is 4.70. The normalized spacial score (nSPS) is 11.6. The number of benzene rings is 6. The molecule has 4 heteroatoms. The maximum absolute atomic E-state index is 4.90. The van der Waals surface area contributed by atoms with Gasteiger partial charge in [-0.2, -0.15) is 0 Å². The fourth-order valence-corrected chi connectivity index (χ4v) is 7.45. The zero-order valence-corrected chi connectivity index (χ0v) is 27.1. The van der Waals surface area contributed by atoms with Crippen molar-refractivity contribution in [3.8, 4) is 45.0 Å². The largest absolute Gasteiger partial charge is 0.309 e. The zero-order chi connectivity index (χ0) is 33.0. The Morgan fingerprint density at radius 1 is 0.300 bits per heavy atom. The Bertz CT molecular complexity index is 2830. The molecule has 0 radical (unpaired) electrons. The van der Waals surface area contributed by atoms with Gasteiger partial charge in [-0.3, -0.25) is 9.97 Å². The van der Waals surface area contributed by atoms with Gasteiger partial charge in [0.05, 0.1) is 45.3 Å². The summed E-state index contributed by atoms with van der Waals surface area (Å²) in [5.74, 6) is 0. The van der Waals surface area contributed by atoms with Crippen molar-refractivity contribution in [3.05, 3.63) is 182 Å². The molecule has 0 aliphatic rings. The quantitative estimate of drug-likeness (QED) is 0.188. The molecule has 4 heterocycles. The summed E-state index contributed by atoms with van der Waals surface area (Å²) in [6.45, 7) is 0. The smallest absolute Gasteiger partial charge is 0.0719 e. The number of nitrogens with zero attached hydrogens (tertiary/aromatic N) is 4. The van der Waals surface area contributed by atoms with E-state index in [1.807, 2.05) is 30.6 Å². The topological polar surface area (TPSA) is 35.6 Å². The van der Waals surface area contributed by atoms with Gasteiger partial charge in [0.1, 0.15) is 0 Å². The molecule has 0 saturated carbocycles. The fourth-order valence-electron chi connectivity index (χ4n) is 7.45. The Morgan fingerprint density at radius 2 is 0.840 bits per heavy atom. The third kappa shape index (κ3) is 4.54. The SMILES string of the molecule is c1ccc(-c2ccc(-c3ccc(-n4c5ccccc5c5cc(-c6ccc7c8ccccc8n(-c8ccccc8)c7c6)ccc54)cn3)cn2)cc1. The molecule has 0 fully saturated rings. The molecule has 0 spiro atoms. The molecule has 4 nitrogen and oxygen atoms in total. The van der Waals surface area contributed by atoms with Crippen LogP contribution >= 0.6 is 0 Å². The highest BCUT2D eigenvalue weighted by Gasteiger charge is 2.16. The van der Waals surface area contributed by atoms with Gasteiger partial charge >= 0.3 is 0 Å². The molecule has 0 atom stereocenters. The predicted octanol–water partition coefficient (Wildman–Crippen LogP) is 11.7. The molecule has 234 valence electrons. The monoisotopic (exact) mass is 638 g/mol. The molecule has 10 rings (SSSR count). The highest BCUT2D eigenvalue weighted by molar-refractivity contribution is 6.12. The first-order valence-electron chi connectivity index (χ1n) is 16.9. The minimum atomic E-state index is 0.896. The third-order valence-corrected chi connectivity index (χ3v) is 9.83. The van der Waals surface area contributed by atoms with Gasteiger partial charge < -0.3 is 9.13 Å². The predicted molar refractivity (Wildman–Crippen MR) is 207 cm³/mol. The number of para-hydroxylation sites is 3. The summed E-state index contributed by atoms with van der Waals surface area (Å²) in [6.07, 6.45) is 3.87. The van der Waals surface area contributed by atoms with Gasteiger partial charge in [0, 0.05) is 44.6 Å². The fraction of sp³-hybridized carbons (Fsp3) is 0. The Morgan fingerprint density at radius 3 is 1.56 bits per heavy atom. The van der Waals surface area contributed by atoms with Crippen molar-refractivity contribution in [2.24, 2.45) is 0 Å². The van der Waals surface area contributed by atoms with Gasteiger partial charge in [-0.1, -0.05) is 103 Å². The summed E-state index contributed by atoms with van der Waals surface area (Å²) in [5, 5.41) is 4.95. The van der Waals surface area contributed by atoms with E-state index in [1.165, 1.54) is 43.7 Å². The van der Waals surface area contributed by atoms with Crippen LogP contribution in [0, 0.1) is 0 Å². The van der Waals surface area contributed by atoms with Crippen molar-refractivity contribution in [2.75, 3.05) is 0 Å². The average molecular weight is 639 g/mol. The zero-order valence-electron chi connectivity index (χ0n) is 27.1. The number of rotatable bonds is 5. The van der Waals surface area contributed by atoms with Crippen molar-refractivity contribution in [3.63, 3.8) is 0 Å². The number of hydrogen-bond donors (Lipinski definition) is 0. The summed E-state index contributed by atoms with van der Waals surface area (Å²) >= 11 is 0. The lowest BCUT2D eigenvalue weighted by atomic mass is 10.0. The molecule has 10 aromatic rings. The Labute approximate surface area is 289 Å². The maximum atomic E-state index is 4.90. The number of hydrogen-bond acceptors (Lipinski definition) is 2. The highest BCUT2D eigenvalue weighted by atomic mass is 15.0. The van der Waals surface area contributed by atoms with Crippen LogP contribution < -0.4 is 0 Å². The van der Waals surface area contributed by atoms with E-state index in [1.54, 1.807) is 0 Å². The first-order chi connectivity index (χ1) is 24.8. The van der Waals surface area contributed by atoms with E-state index in [9.17, 15) is 0 Å². The average Bonchev–Trinajstić information content (AvgIpc) is 3.71. The maximum Gasteiger partial charge on any atom is 0.0719 e. The molecule has 0 N–H and O–H groups in total. The van der Waals surface area contributed by atoms with Crippen molar-refractivity contribution in [2.45, 2.75) is 0 Å². The molecule has 0 saturated heterocycles. The summed E-state index contributed by atoms with van der Waals surface area (Å²) in [7, 11) is 0. The van der Waals surface area contributed by atoms with Crippen LogP contribution in [0.4, 0.5) is 0 Å². The minimum Gasteiger partial charge on any atom is -0.309 e. The summed E-state index contributed by atoms with van der Waals surface area (Å²) in [5.41, 5.74) is 13.2. The molecule has 0 aliphatic heterocycles. The van der Waals surface area contributed by atoms with Crippen LogP contribution in [0.3, 0.4) is 0 Å². The third-order valence-electron chi connectivity index (χ3n) is 9.83. The first kappa shape index (κ1) is 28.3. The molecule has 0 unspecified atom stereocenters. The van der Waals surface area contributed by atoms with Crippen LogP contribution in [0.5, 0.6) is 0 Å². The van der Waals surface area contributed by atoms with Crippen LogP contribution in [0.25, 0.3) is 88.6 Å². The molecule has 50 heavy (non-hydrogen) atoms. The second-order valence-electron chi connectivity index (χ2n) is 12.7. The van der Waals surface area contributed by atoms with E-state index in [2.05, 4.69) is 161 Å². The van der Waals surface area contributed by atoms with E-state index in [-0.39, 0.29) is 0 Å². The van der Waals surface area contributed by atoms with Crippen LogP contribution in [-0.4, -0.2) is 19.1 Å². The van der Waals surface area contributed by atoms with E-state index in [0.717, 1.165) is 44.9 Å². The van der Waals surface area contributed by atoms with Crippen molar-refractivity contribution in [1.29, 1.82) is 0 Å². The molecular weight excluding hydrogens is 609 g/mol. The molecular formula is C46H30N4. The van der Waals surface area contributed by atoms with Gasteiger partial charge in [0.15, 0.2) is 0 Å². The molecule has 4 aromatic heterocycles. The van der Waals surface area contributed by atoms with Crippen molar-refractivity contribution in [1.82, 2.24) is 19.1 Å². The Balaban J connectivity index is 1.06. The molecule has 0 aliphatic carbocycles. The second-order valence-corrected chi connectivity index (χ2v) is 12.7. The highest BCUT2D eigenvalue weighted by Crippen LogP contribution is 2.38. The second kappa shape index (κ2) is 11.4. The van der Waals surface area contributed by atoms with Crippen molar-refractivity contribution >= 4 is 43.6 Å². The number of pyridine rings is 2. The van der Waals surface area contributed by atoms with Crippen LogP contribution in [-0.2, 0) is 0 Å². The lowest BCUT2D eigenvalue weighted by molar-refractivity contribution is 1.14. The lowest BCUT2D eigenvalue weighted by Gasteiger charge is -2.10. The van der Waals surface area contributed by atoms with Crippen LogP contribution in [0.2, 0.25) is 0 Å². The van der Waals surface area contributed by atoms with Gasteiger partial charge in [-0.25, -0.2) is 0 Å². The van der Waals surface area contributed by atoms with E-state index < -0.39 is 0 Å². The van der Waals surface area contributed by atoms with E-state index >= 15 is 0 Å². The molecule has 0 amide bonds. The van der Waals surface area contributed by atoms with E-state index in [4.69, 9.17) is 9.97 Å². The van der Waals surface area contributed by atoms with Crippen LogP contribution in [0.15, 0.2) is 182 Å². The van der Waals surface area contributed by atoms with Crippen molar-refractivity contribution < 1.29 is 0 Å². The summed E-state index contributed by atoms with van der Waals surface area (Å²) in [6, 6.07) is 60.3. The number of aromatic nitrogens is 4. The van der Waals surface area contributed by atoms with Gasteiger partial charge in [0.2, 0.25) is 0 Å². The molecule has 6 aromatic carbocycles. The first-order valence-corrected chi connectivity index (χ1v) is 16.9. The Kier molecular flexibility index (Phi) is 6.46. The number of fused-ring (bicyclic) bond motifs is 6. The van der Waals surface area contributed by atoms with E-state index in [0.29, 0.717) is 0 Å². The minimum absolute atomic E-state index is 0.896. The van der Waals surface area contributed by atoms with Crippen LogP contribution in [0.1, 0.15) is 0 Å². The van der Waals surface area contributed by atoms with Gasteiger partial charge in [-0.15, -0.1) is 0 Å². The van der Waals surface area contributed by atoms with Gasteiger partial charge in [-0.05, 0) is 77.9 Å². The Hall–Kier alpha value is -6.78.